The largest absolute Gasteiger partial charge is 0.477 e. The summed E-state index contributed by atoms with van der Waals surface area (Å²) in [5.41, 5.74) is 1.79. The Balaban J connectivity index is 1.19. The fourth-order valence-electron chi connectivity index (χ4n) is 5.06. The maximum absolute atomic E-state index is 13.2. The molecule has 3 saturated heterocycles. The molecule has 3 fully saturated rings. The van der Waals surface area contributed by atoms with Crippen LogP contribution in [0.15, 0.2) is 65.6 Å². The summed E-state index contributed by atoms with van der Waals surface area (Å²) in [7, 11) is 0. The van der Waals surface area contributed by atoms with Crippen LogP contribution < -0.4 is 15.0 Å². The Morgan fingerprint density at radius 2 is 1.98 bits per heavy atom. The van der Waals surface area contributed by atoms with Gasteiger partial charge in [0.05, 0.1) is 18.2 Å². The van der Waals surface area contributed by atoms with Crippen LogP contribution in [0.2, 0.25) is 5.02 Å². The monoisotopic (exact) mass is 634 g/mol. The first-order valence-corrected chi connectivity index (χ1v) is 16.9. The fourth-order valence-corrected chi connectivity index (χ4v) is 7.45. The number of hydrogen-bond acceptors (Lipinski definition) is 10. The highest BCUT2D eigenvalue weighted by Crippen LogP contribution is 2.58. The van der Waals surface area contributed by atoms with E-state index in [-0.39, 0.29) is 12.5 Å². The van der Waals surface area contributed by atoms with E-state index in [1.807, 2.05) is 6.92 Å². The van der Waals surface area contributed by atoms with Crippen LogP contribution >= 0.6 is 18.3 Å². The minimum atomic E-state index is -3.28. The molecule has 3 aliphatic rings. The van der Waals surface area contributed by atoms with Gasteiger partial charge in [-0.05, 0) is 43.9 Å². The van der Waals surface area contributed by atoms with Crippen LogP contribution in [-0.4, -0.2) is 54.0 Å². The van der Waals surface area contributed by atoms with Crippen molar-refractivity contribution in [2.75, 3.05) is 19.8 Å². The first kappa shape index (κ1) is 29.7. The zero-order valence-electron chi connectivity index (χ0n) is 23.0. The lowest BCUT2D eigenvalue weighted by molar-refractivity contribution is -0.214. The number of benzene rings is 2. The van der Waals surface area contributed by atoms with Gasteiger partial charge in [-0.1, -0.05) is 53.6 Å². The van der Waals surface area contributed by atoms with Crippen LogP contribution in [0, 0.1) is 6.92 Å². The van der Waals surface area contributed by atoms with Gasteiger partial charge in [-0.15, -0.1) is 0 Å². The molecule has 4 heterocycles. The van der Waals surface area contributed by atoms with Crippen molar-refractivity contribution in [3.05, 3.63) is 87.4 Å². The number of ether oxygens (including phenoxy) is 4. The molecule has 4 unspecified atom stereocenters. The maximum atomic E-state index is 13.2. The second-order valence-corrected chi connectivity index (χ2v) is 13.6. The number of rotatable bonds is 9. The topological polar surface area (TPSA) is 99.5 Å². The van der Waals surface area contributed by atoms with Crippen LogP contribution in [0.5, 0.6) is 11.6 Å². The van der Waals surface area contributed by atoms with Crippen molar-refractivity contribution in [1.29, 1.82) is 0 Å². The molecule has 6 atom stereocenters. The molecule has 6 rings (SSSR count). The van der Waals surface area contributed by atoms with E-state index in [0.29, 0.717) is 36.8 Å². The summed E-state index contributed by atoms with van der Waals surface area (Å²) in [6, 6.07) is 16.8. The summed E-state index contributed by atoms with van der Waals surface area (Å²) in [5.74, 6) is 0.595. The lowest BCUT2D eigenvalue weighted by Crippen LogP contribution is -2.44. The summed E-state index contributed by atoms with van der Waals surface area (Å²) >= 11 is 12.0. The average molecular weight is 635 g/mol. The molecule has 0 bridgehead atoms. The molecule has 42 heavy (non-hydrogen) atoms. The van der Waals surface area contributed by atoms with Gasteiger partial charge in [-0.25, -0.2) is 4.79 Å². The summed E-state index contributed by atoms with van der Waals surface area (Å²) in [5, 5.41) is 0.388. The van der Waals surface area contributed by atoms with E-state index in [2.05, 4.69) is 29.2 Å². The van der Waals surface area contributed by atoms with Crippen molar-refractivity contribution in [2.24, 2.45) is 0 Å². The molecule has 3 aliphatic heterocycles. The molecule has 3 aromatic rings. The first-order chi connectivity index (χ1) is 20.4. The van der Waals surface area contributed by atoms with Gasteiger partial charge < -0.3 is 23.5 Å². The molecule has 224 valence electrons. The third-order valence-corrected chi connectivity index (χ3v) is 9.76. The second kappa shape index (κ2) is 13.1. The molecule has 0 N–H and O–H groups in total. The van der Waals surface area contributed by atoms with E-state index in [4.69, 9.17) is 55.9 Å². The van der Waals surface area contributed by atoms with Crippen LogP contribution in [0.3, 0.4) is 0 Å². The lowest BCUT2D eigenvalue weighted by Gasteiger charge is -2.36. The van der Waals surface area contributed by atoms with Gasteiger partial charge >= 0.3 is 12.4 Å². The van der Waals surface area contributed by atoms with E-state index >= 15 is 0 Å². The van der Waals surface area contributed by atoms with Crippen molar-refractivity contribution in [3.63, 3.8) is 0 Å². The molecule has 0 amide bonds. The number of fused-ring (bicyclic) bond motifs is 1. The predicted molar refractivity (Wildman–Crippen MR) is 158 cm³/mol. The quantitative estimate of drug-likeness (QED) is 0.286. The molecular formula is C29H32ClN2O8PS. The molecule has 0 spiro atoms. The zero-order valence-corrected chi connectivity index (χ0v) is 25.5. The van der Waals surface area contributed by atoms with Gasteiger partial charge in [0.1, 0.15) is 24.1 Å². The molecule has 0 aliphatic carbocycles. The number of aromatic nitrogens is 2. The Morgan fingerprint density at radius 3 is 2.74 bits per heavy atom. The van der Waals surface area contributed by atoms with Gasteiger partial charge in [-0.3, -0.25) is 13.6 Å². The normalized spacial score (nSPS) is 29.1. The number of aryl methyl sites for hydroxylation is 1. The van der Waals surface area contributed by atoms with E-state index in [1.54, 1.807) is 36.5 Å². The van der Waals surface area contributed by atoms with Gasteiger partial charge in [0.15, 0.2) is 12.5 Å². The number of halogens is 1. The number of nitrogens with zero attached hydrogens (tertiary/aromatic N) is 2. The van der Waals surface area contributed by atoms with E-state index in [0.717, 1.165) is 18.4 Å². The highest BCUT2D eigenvalue weighted by molar-refractivity contribution is 8.07. The summed E-state index contributed by atoms with van der Waals surface area (Å²) in [4.78, 5) is 17.4. The van der Waals surface area contributed by atoms with E-state index in [9.17, 15) is 4.79 Å². The molecule has 0 saturated carbocycles. The van der Waals surface area contributed by atoms with Gasteiger partial charge in [0.25, 0.3) is 0 Å². The number of para-hydroxylation sites is 1. The Morgan fingerprint density at radius 1 is 1.14 bits per heavy atom. The SMILES string of the molecule is Cc1ccc(CCOc2ccn([C@@H]3O[C@@H]4COP(=S)(Oc5ccccc5Cl)OC4C3OC3CCCCO3)c(=O)n2)cc1. The van der Waals surface area contributed by atoms with E-state index in [1.165, 1.54) is 10.1 Å². The summed E-state index contributed by atoms with van der Waals surface area (Å²) in [6.45, 7) is -0.166. The second-order valence-electron chi connectivity index (χ2n) is 10.3. The summed E-state index contributed by atoms with van der Waals surface area (Å²) in [6.07, 6.45) is 1.59. The van der Waals surface area contributed by atoms with Crippen LogP contribution in [-0.2, 0) is 41.5 Å². The Labute approximate surface area is 254 Å². The minimum absolute atomic E-state index is 0.0939. The third-order valence-electron chi connectivity index (χ3n) is 7.27. The predicted octanol–water partition coefficient (Wildman–Crippen LogP) is 5.35. The lowest BCUT2D eigenvalue weighted by atomic mass is 10.1. The zero-order chi connectivity index (χ0) is 29.1. The van der Waals surface area contributed by atoms with Gasteiger partial charge in [0, 0.05) is 37.1 Å². The van der Waals surface area contributed by atoms with Gasteiger partial charge in [0.2, 0.25) is 5.88 Å². The first-order valence-electron chi connectivity index (χ1n) is 13.9. The Kier molecular flexibility index (Phi) is 9.28. The van der Waals surface area contributed by atoms with Gasteiger partial charge in [-0.2, -0.15) is 4.98 Å². The highest BCUT2D eigenvalue weighted by Gasteiger charge is 2.54. The van der Waals surface area contributed by atoms with E-state index < -0.39 is 43.2 Å². The third kappa shape index (κ3) is 6.90. The van der Waals surface area contributed by atoms with Crippen LogP contribution in [0.1, 0.15) is 36.6 Å². The van der Waals surface area contributed by atoms with Crippen LogP contribution in [0.4, 0.5) is 0 Å². The molecular weight excluding hydrogens is 603 g/mol. The number of hydrogen-bond donors (Lipinski definition) is 0. The van der Waals surface area contributed by atoms with Crippen molar-refractivity contribution in [1.82, 2.24) is 9.55 Å². The fraction of sp³-hybridized carbons (Fsp3) is 0.448. The Bertz CT molecular complexity index is 1480. The highest BCUT2D eigenvalue weighted by atomic mass is 35.5. The summed E-state index contributed by atoms with van der Waals surface area (Å²) < 4.78 is 43.9. The van der Waals surface area contributed by atoms with Crippen molar-refractivity contribution < 1.29 is 32.5 Å². The van der Waals surface area contributed by atoms with Crippen LogP contribution in [0.25, 0.3) is 0 Å². The minimum Gasteiger partial charge on any atom is -0.477 e. The maximum Gasteiger partial charge on any atom is 0.381 e. The molecule has 1 aromatic heterocycles. The van der Waals surface area contributed by atoms with Crippen molar-refractivity contribution >= 4 is 30.1 Å². The average Bonchev–Trinajstić information content (AvgIpc) is 3.32. The molecule has 10 nitrogen and oxygen atoms in total. The van der Waals surface area contributed by atoms with Crippen molar-refractivity contribution in [3.8, 4) is 11.6 Å². The van der Waals surface area contributed by atoms with Crippen molar-refractivity contribution in [2.45, 2.75) is 63.4 Å². The Hall–Kier alpha value is -2.34. The standard InChI is InChI=1S/C29H32ClN2O8PS/c1-19-9-11-20(12-10-19)14-17-34-24-13-15-32(29(33)31-24)28-27(38-25-8-4-5-16-35-25)26-23(37-28)18-36-41(42,40-26)39-22-7-3-2-6-21(22)30/h2-3,6-7,9-13,15,23,25-28H,4-5,8,14,16-18H2,1H3/t23-,25?,26?,27?,28-,41?/m1/s1. The molecule has 0 radical (unpaired) electrons. The smallest absolute Gasteiger partial charge is 0.381 e. The molecule has 2 aromatic carbocycles. The molecule has 13 heteroatoms.